The van der Waals surface area contributed by atoms with Crippen LogP contribution in [0.1, 0.15) is 19.4 Å². The molecule has 17 heavy (non-hydrogen) atoms. The molecule has 1 N–H and O–H groups in total. The van der Waals surface area contributed by atoms with Crippen molar-refractivity contribution in [2.45, 2.75) is 20.8 Å². The minimum Gasteiger partial charge on any atom is -0.370 e. The second kappa shape index (κ2) is 6.04. The molecule has 0 saturated carbocycles. The molecular weight excluding hydrogens is 214 g/mol. The highest BCUT2D eigenvalue weighted by Gasteiger charge is 2.12. The van der Waals surface area contributed by atoms with Crippen LogP contribution in [0.15, 0.2) is 6.33 Å². The summed E-state index contributed by atoms with van der Waals surface area (Å²) in [6, 6.07) is 2.22. The van der Waals surface area contributed by atoms with Crippen molar-refractivity contribution in [1.29, 1.82) is 5.26 Å². The maximum atomic E-state index is 8.82. The van der Waals surface area contributed by atoms with Gasteiger partial charge in [-0.05, 0) is 20.8 Å². The molecule has 0 fully saturated rings. The van der Waals surface area contributed by atoms with E-state index < -0.39 is 0 Å². The van der Waals surface area contributed by atoms with Crippen molar-refractivity contribution in [1.82, 2.24) is 9.97 Å². The van der Waals surface area contributed by atoms with Crippen molar-refractivity contribution < 1.29 is 0 Å². The molecule has 0 saturated heterocycles. The van der Waals surface area contributed by atoms with Gasteiger partial charge in [0.2, 0.25) is 0 Å². The summed E-state index contributed by atoms with van der Waals surface area (Å²) in [6.45, 7) is 7.41. The zero-order valence-corrected chi connectivity index (χ0v) is 10.9. The molecule has 1 aromatic rings. The summed E-state index contributed by atoms with van der Waals surface area (Å²) in [5, 5.41) is 12.0. The third kappa shape index (κ3) is 3.31. The molecule has 92 valence electrons. The number of nitriles is 1. The number of anilines is 2. The molecule has 1 atom stereocenters. The molecule has 0 aliphatic carbocycles. The number of aromatic nitrogens is 2. The van der Waals surface area contributed by atoms with Crippen LogP contribution in [0.4, 0.5) is 11.6 Å². The van der Waals surface area contributed by atoms with Gasteiger partial charge >= 0.3 is 0 Å². The summed E-state index contributed by atoms with van der Waals surface area (Å²) in [4.78, 5) is 10.5. The second-order valence-corrected chi connectivity index (χ2v) is 4.11. The molecular formula is C12H19N5. The standard InChI is InChI=1S/C12H19N5/c1-5-14-11-10(3)12(16-8-15-11)17(4)7-9(2)6-13/h8-9H,5,7H2,1-4H3,(H,14,15,16). The van der Waals surface area contributed by atoms with Gasteiger partial charge < -0.3 is 10.2 Å². The van der Waals surface area contributed by atoms with Gasteiger partial charge in [0.15, 0.2) is 0 Å². The average molecular weight is 233 g/mol. The summed E-state index contributed by atoms with van der Waals surface area (Å²) in [6.07, 6.45) is 1.55. The second-order valence-electron chi connectivity index (χ2n) is 4.11. The highest BCUT2D eigenvalue weighted by molar-refractivity contribution is 5.57. The Kier molecular flexibility index (Phi) is 4.70. The first-order valence-electron chi connectivity index (χ1n) is 5.76. The van der Waals surface area contributed by atoms with Crippen molar-refractivity contribution in [3.8, 4) is 6.07 Å². The van der Waals surface area contributed by atoms with Crippen molar-refractivity contribution in [3.05, 3.63) is 11.9 Å². The predicted octanol–water partition coefficient (Wildman–Crippen LogP) is 1.81. The first kappa shape index (κ1) is 13.2. The van der Waals surface area contributed by atoms with Crippen LogP contribution in [-0.4, -0.2) is 30.1 Å². The minimum atomic E-state index is -0.0167. The van der Waals surface area contributed by atoms with Crippen molar-refractivity contribution in [2.75, 3.05) is 30.4 Å². The SMILES string of the molecule is CCNc1ncnc(N(C)CC(C)C#N)c1C. The van der Waals surface area contributed by atoms with Crippen molar-refractivity contribution in [2.24, 2.45) is 5.92 Å². The molecule has 0 aliphatic rings. The Morgan fingerprint density at radius 3 is 2.82 bits per heavy atom. The van der Waals surface area contributed by atoms with Gasteiger partial charge in [0.25, 0.3) is 0 Å². The van der Waals surface area contributed by atoms with Crippen molar-refractivity contribution >= 4 is 11.6 Å². The minimum absolute atomic E-state index is 0.0167. The fourth-order valence-electron chi connectivity index (χ4n) is 1.71. The smallest absolute Gasteiger partial charge is 0.136 e. The first-order chi connectivity index (χ1) is 8.10. The number of hydrogen-bond acceptors (Lipinski definition) is 5. The van der Waals surface area contributed by atoms with E-state index in [1.165, 1.54) is 0 Å². The summed E-state index contributed by atoms with van der Waals surface area (Å²) < 4.78 is 0. The van der Waals surface area contributed by atoms with E-state index in [4.69, 9.17) is 5.26 Å². The maximum absolute atomic E-state index is 8.82. The monoisotopic (exact) mass is 233 g/mol. The lowest BCUT2D eigenvalue weighted by molar-refractivity contribution is 0.707. The highest BCUT2D eigenvalue weighted by atomic mass is 15.2. The van der Waals surface area contributed by atoms with Crippen LogP contribution in [0.3, 0.4) is 0 Å². The van der Waals surface area contributed by atoms with E-state index >= 15 is 0 Å². The molecule has 0 aromatic carbocycles. The van der Waals surface area contributed by atoms with Gasteiger partial charge in [-0.1, -0.05) is 0 Å². The van der Waals surface area contributed by atoms with E-state index in [0.29, 0.717) is 6.54 Å². The summed E-state index contributed by atoms with van der Waals surface area (Å²) >= 11 is 0. The fraction of sp³-hybridized carbons (Fsp3) is 0.583. The molecule has 1 rings (SSSR count). The zero-order valence-electron chi connectivity index (χ0n) is 10.9. The number of rotatable bonds is 5. The Bertz CT molecular complexity index is 410. The lowest BCUT2D eigenvalue weighted by atomic mass is 10.2. The third-order valence-electron chi connectivity index (χ3n) is 2.53. The number of hydrogen-bond donors (Lipinski definition) is 1. The topological polar surface area (TPSA) is 64.8 Å². The van der Waals surface area contributed by atoms with E-state index in [9.17, 15) is 0 Å². The lowest BCUT2D eigenvalue weighted by Crippen LogP contribution is -2.25. The Labute approximate surface area is 102 Å². The van der Waals surface area contributed by atoms with Gasteiger partial charge in [-0.25, -0.2) is 9.97 Å². The number of nitrogens with one attached hydrogen (secondary N) is 1. The van der Waals surface area contributed by atoms with Crippen LogP contribution in [0, 0.1) is 24.2 Å². The van der Waals surface area contributed by atoms with Gasteiger partial charge in [-0.15, -0.1) is 0 Å². The lowest BCUT2D eigenvalue weighted by Gasteiger charge is -2.22. The van der Waals surface area contributed by atoms with Crippen LogP contribution >= 0.6 is 0 Å². The van der Waals surface area contributed by atoms with Crippen LogP contribution < -0.4 is 10.2 Å². The quantitative estimate of drug-likeness (QED) is 0.840. The molecule has 0 radical (unpaired) electrons. The molecule has 0 bridgehead atoms. The Balaban J connectivity index is 2.90. The largest absolute Gasteiger partial charge is 0.370 e. The third-order valence-corrected chi connectivity index (χ3v) is 2.53. The Morgan fingerprint density at radius 1 is 1.53 bits per heavy atom. The summed E-state index contributed by atoms with van der Waals surface area (Å²) in [5.74, 6) is 1.71. The van der Waals surface area contributed by atoms with Crippen LogP contribution in [0.5, 0.6) is 0 Å². The van der Waals surface area contributed by atoms with E-state index in [1.807, 2.05) is 32.7 Å². The molecule has 1 aromatic heterocycles. The molecule has 0 aliphatic heterocycles. The molecule has 5 nitrogen and oxygen atoms in total. The first-order valence-corrected chi connectivity index (χ1v) is 5.76. The van der Waals surface area contributed by atoms with Crippen LogP contribution in [0.25, 0.3) is 0 Å². The Hall–Kier alpha value is -1.83. The molecule has 0 amide bonds. The molecule has 5 heteroatoms. The van der Waals surface area contributed by atoms with Crippen LogP contribution in [-0.2, 0) is 0 Å². The van der Waals surface area contributed by atoms with Crippen molar-refractivity contribution in [3.63, 3.8) is 0 Å². The van der Waals surface area contributed by atoms with E-state index in [2.05, 4.69) is 21.4 Å². The van der Waals surface area contributed by atoms with Gasteiger partial charge in [0.1, 0.15) is 18.0 Å². The summed E-state index contributed by atoms with van der Waals surface area (Å²) in [7, 11) is 1.94. The zero-order chi connectivity index (χ0) is 12.8. The van der Waals surface area contributed by atoms with Gasteiger partial charge in [-0.3, -0.25) is 0 Å². The van der Waals surface area contributed by atoms with E-state index in [0.717, 1.165) is 23.7 Å². The summed E-state index contributed by atoms with van der Waals surface area (Å²) in [5.41, 5.74) is 1.02. The number of nitrogens with zero attached hydrogens (tertiary/aromatic N) is 4. The van der Waals surface area contributed by atoms with Gasteiger partial charge in [-0.2, -0.15) is 5.26 Å². The van der Waals surface area contributed by atoms with Crippen LogP contribution in [0.2, 0.25) is 0 Å². The average Bonchev–Trinajstić information content (AvgIpc) is 2.31. The molecule has 1 heterocycles. The predicted molar refractivity (Wildman–Crippen MR) is 69.0 cm³/mol. The fourth-order valence-corrected chi connectivity index (χ4v) is 1.71. The van der Waals surface area contributed by atoms with E-state index in [-0.39, 0.29) is 5.92 Å². The van der Waals surface area contributed by atoms with Gasteiger partial charge in [0, 0.05) is 25.7 Å². The van der Waals surface area contributed by atoms with E-state index in [1.54, 1.807) is 6.33 Å². The van der Waals surface area contributed by atoms with Gasteiger partial charge in [0.05, 0.1) is 12.0 Å². The maximum Gasteiger partial charge on any atom is 0.136 e. The highest BCUT2D eigenvalue weighted by Crippen LogP contribution is 2.21. The normalized spacial score (nSPS) is 11.7. The Morgan fingerprint density at radius 2 is 2.24 bits per heavy atom. The molecule has 1 unspecified atom stereocenters. The molecule has 0 spiro atoms.